The predicted molar refractivity (Wildman–Crippen MR) is 149 cm³/mol. The summed E-state index contributed by atoms with van der Waals surface area (Å²) in [6.45, 7) is 3.00. The summed E-state index contributed by atoms with van der Waals surface area (Å²) in [4.78, 5) is 12.7. The first-order valence-corrected chi connectivity index (χ1v) is 12.5. The van der Waals surface area contributed by atoms with Crippen molar-refractivity contribution in [3.63, 3.8) is 0 Å². The largest absolute Gasteiger partial charge is 0.488 e. The number of aryl methyl sites for hydroxylation is 1. The van der Waals surface area contributed by atoms with E-state index in [2.05, 4.69) is 28.9 Å². The van der Waals surface area contributed by atoms with Gasteiger partial charge in [-0.3, -0.25) is 4.79 Å². The van der Waals surface area contributed by atoms with Crippen molar-refractivity contribution in [3.8, 4) is 22.7 Å². The summed E-state index contributed by atoms with van der Waals surface area (Å²) in [6, 6.07) is 37.4. The fourth-order valence-electron chi connectivity index (χ4n) is 4.30. The molecule has 0 spiro atoms. The van der Waals surface area contributed by atoms with Crippen LogP contribution in [-0.4, -0.2) is 10.5 Å². The molecule has 4 aromatic carbocycles. The molecule has 1 amide bonds. The second kappa shape index (κ2) is 11.2. The van der Waals surface area contributed by atoms with Crippen molar-refractivity contribution in [2.75, 3.05) is 0 Å². The first-order chi connectivity index (χ1) is 18.1. The van der Waals surface area contributed by atoms with Gasteiger partial charge < -0.3 is 14.6 Å². The third-order valence-corrected chi connectivity index (χ3v) is 6.45. The van der Waals surface area contributed by atoms with Crippen LogP contribution in [0.1, 0.15) is 27.2 Å². The van der Waals surface area contributed by atoms with E-state index in [0.717, 1.165) is 39.5 Å². The number of hydrogen-bond acceptors (Lipinski definition) is 2. The molecule has 0 atom stereocenters. The maximum atomic E-state index is 12.7. The van der Waals surface area contributed by atoms with Gasteiger partial charge in [0.25, 0.3) is 5.91 Å². The fraction of sp³-hybridized carbons (Fsp3) is 0.0938. The molecule has 5 aromatic rings. The van der Waals surface area contributed by atoms with Gasteiger partial charge in [0, 0.05) is 34.1 Å². The van der Waals surface area contributed by atoms with Crippen molar-refractivity contribution in [1.82, 2.24) is 9.88 Å². The molecule has 0 radical (unpaired) electrons. The molecule has 5 rings (SSSR count). The van der Waals surface area contributed by atoms with Crippen LogP contribution in [0.25, 0.3) is 16.9 Å². The van der Waals surface area contributed by atoms with E-state index in [-0.39, 0.29) is 5.91 Å². The second-order valence-electron chi connectivity index (χ2n) is 8.83. The van der Waals surface area contributed by atoms with Crippen LogP contribution >= 0.6 is 11.6 Å². The minimum absolute atomic E-state index is 0.105. The first kappa shape index (κ1) is 24.4. The number of aromatic nitrogens is 1. The van der Waals surface area contributed by atoms with E-state index in [0.29, 0.717) is 23.7 Å². The minimum atomic E-state index is -0.105. The number of ether oxygens (including phenoxy) is 1. The van der Waals surface area contributed by atoms with E-state index in [9.17, 15) is 4.79 Å². The van der Waals surface area contributed by atoms with Gasteiger partial charge in [0.15, 0.2) is 0 Å². The molecular formula is C32H27ClN2O2. The Bertz CT molecular complexity index is 1490. The Kier molecular flexibility index (Phi) is 7.38. The lowest BCUT2D eigenvalue weighted by Crippen LogP contribution is -2.22. The lowest BCUT2D eigenvalue weighted by atomic mass is 10.1. The molecule has 0 bridgehead atoms. The number of hydrogen-bond donors (Lipinski definition) is 1. The smallest absolute Gasteiger partial charge is 0.251 e. The molecule has 184 valence electrons. The van der Waals surface area contributed by atoms with Crippen molar-refractivity contribution in [2.24, 2.45) is 0 Å². The summed E-state index contributed by atoms with van der Waals surface area (Å²) < 4.78 is 8.37. The highest BCUT2D eigenvalue weighted by Gasteiger charge is 2.16. The summed E-state index contributed by atoms with van der Waals surface area (Å²) in [5, 5.41) is 3.62. The molecule has 5 heteroatoms. The summed E-state index contributed by atoms with van der Waals surface area (Å²) in [5.74, 6) is 0.649. The van der Waals surface area contributed by atoms with Crippen LogP contribution < -0.4 is 10.1 Å². The highest BCUT2D eigenvalue weighted by atomic mass is 35.5. The molecular weight excluding hydrogens is 480 g/mol. The number of carbonyl (C=O) groups excluding carboxylic acids is 1. The Morgan fingerprint density at radius 2 is 1.49 bits per heavy atom. The standard InChI is InChI=1S/C32H27ClN2O2/c1-23-12-18-30(29-20-27(33)15-19-31(29)37-22-25-10-6-3-7-11-25)35(23)28-16-13-26(14-17-28)32(36)34-21-24-8-4-2-5-9-24/h2-20H,21-22H2,1H3,(H,34,36). The van der Waals surface area contributed by atoms with Crippen LogP contribution in [0.3, 0.4) is 0 Å². The summed E-state index contributed by atoms with van der Waals surface area (Å²) in [5.41, 5.74) is 6.64. The highest BCUT2D eigenvalue weighted by Crippen LogP contribution is 2.36. The maximum absolute atomic E-state index is 12.7. The Morgan fingerprint density at radius 1 is 0.811 bits per heavy atom. The average molecular weight is 507 g/mol. The normalized spacial score (nSPS) is 10.8. The van der Waals surface area contributed by atoms with Crippen LogP contribution in [0, 0.1) is 6.92 Å². The lowest BCUT2D eigenvalue weighted by molar-refractivity contribution is 0.0951. The highest BCUT2D eigenvalue weighted by molar-refractivity contribution is 6.31. The van der Waals surface area contributed by atoms with E-state index in [4.69, 9.17) is 16.3 Å². The zero-order chi connectivity index (χ0) is 25.6. The molecule has 1 heterocycles. The van der Waals surface area contributed by atoms with E-state index in [1.54, 1.807) is 0 Å². The van der Waals surface area contributed by atoms with Gasteiger partial charge in [-0.15, -0.1) is 0 Å². The van der Waals surface area contributed by atoms with Crippen LogP contribution in [0.2, 0.25) is 5.02 Å². The molecule has 0 fully saturated rings. The summed E-state index contributed by atoms with van der Waals surface area (Å²) in [7, 11) is 0. The van der Waals surface area contributed by atoms with Crippen molar-refractivity contribution < 1.29 is 9.53 Å². The van der Waals surface area contributed by atoms with E-state index >= 15 is 0 Å². The molecule has 0 saturated heterocycles. The molecule has 4 nitrogen and oxygen atoms in total. The van der Waals surface area contributed by atoms with Crippen LogP contribution in [0.4, 0.5) is 0 Å². The van der Waals surface area contributed by atoms with Gasteiger partial charge in [-0.25, -0.2) is 0 Å². The van der Waals surface area contributed by atoms with E-state index < -0.39 is 0 Å². The quantitative estimate of drug-likeness (QED) is 0.235. The topological polar surface area (TPSA) is 43.3 Å². The van der Waals surface area contributed by atoms with Gasteiger partial charge in [0.1, 0.15) is 12.4 Å². The Morgan fingerprint density at radius 3 is 2.19 bits per heavy atom. The Hall–Kier alpha value is -4.28. The first-order valence-electron chi connectivity index (χ1n) is 12.2. The van der Waals surface area contributed by atoms with Gasteiger partial charge in [0.05, 0.1) is 5.69 Å². The number of carbonyl (C=O) groups is 1. The minimum Gasteiger partial charge on any atom is -0.488 e. The van der Waals surface area contributed by atoms with Crippen LogP contribution in [-0.2, 0) is 13.2 Å². The van der Waals surface area contributed by atoms with Crippen LogP contribution in [0.15, 0.2) is 115 Å². The van der Waals surface area contributed by atoms with Gasteiger partial charge in [-0.1, -0.05) is 72.3 Å². The zero-order valence-corrected chi connectivity index (χ0v) is 21.3. The summed E-state index contributed by atoms with van der Waals surface area (Å²) in [6.07, 6.45) is 0. The summed E-state index contributed by atoms with van der Waals surface area (Å²) >= 11 is 6.41. The van der Waals surface area contributed by atoms with Gasteiger partial charge in [-0.05, 0) is 72.6 Å². The number of halogens is 1. The molecule has 37 heavy (non-hydrogen) atoms. The third kappa shape index (κ3) is 5.76. The number of rotatable bonds is 8. The average Bonchev–Trinajstić information content (AvgIpc) is 3.33. The molecule has 1 N–H and O–H groups in total. The number of nitrogens with zero attached hydrogens (tertiary/aromatic N) is 1. The fourth-order valence-corrected chi connectivity index (χ4v) is 4.47. The molecule has 0 aliphatic carbocycles. The van der Waals surface area contributed by atoms with Crippen molar-refractivity contribution in [3.05, 3.63) is 143 Å². The monoisotopic (exact) mass is 506 g/mol. The van der Waals surface area contributed by atoms with Gasteiger partial charge in [-0.2, -0.15) is 0 Å². The van der Waals surface area contributed by atoms with Gasteiger partial charge in [0.2, 0.25) is 0 Å². The molecule has 0 aliphatic heterocycles. The molecule has 0 unspecified atom stereocenters. The number of nitrogens with one attached hydrogen (secondary N) is 1. The van der Waals surface area contributed by atoms with Crippen molar-refractivity contribution in [1.29, 1.82) is 0 Å². The predicted octanol–water partition coefficient (Wildman–Crippen LogP) is 7.62. The number of benzene rings is 4. The van der Waals surface area contributed by atoms with Crippen molar-refractivity contribution in [2.45, 2.75) is 20.1 Å². The second-order valence-corrected chi connectivity index (χ2v) is 9.26. The van der Waals surface area contributed by atoms with E-state index in [1.165, 1.54) is 0 Å². The third-order valence-electron chi connectivity index (χ3n) is 6.21. The Labute approximate surface area is 222 Å². The van der Waals surface area contributed by atoms with Gasteiger partial charge >= 0.3 is 0 Å². The maximum Gasteiger partial charge on any atom is 0.251 e. The van der Waals surface area contributed by atoms with Crippen LogP contribution in [0.5, 0.6) is 5.75 Å². The zero-order valence-electron chi connectivity index (χ0n) is 20.5. The molecule has 0 saturated carbocycles. The lowest BCUT2D eigenvalue weighted by Gasteiger charge is -2.16. The van der Waals surface area contributed by atoms with E-state index in [1.807, 2.05) is 103 Å². The number of amides is 1. The van der Waals surface area contributed by atoms with Crippen molar-refractivity contribution >= 4 is 17.5 Å². The SMILES string of the molecule is Cc1ccc(-c2cc(Cl)ccc2OCc2ccccc2)n1-c1ccc(C(=O)NCc2ccccc2)cc1. The molecule has 1 aromatic heterocycles. The molecule has 0 aliphatic rings. The Balaban J connectivity index is 1.39.